The van der Waals surface area contributed by atoms with E-state index in [9.17, 15) is 0 Å². The zero-order valence-electron chi connectivity index (χ0n) is 31.3. The van der Waals surface area contributed by atoms with Crippen LogP contribution in [0.1, 0.15) is 0 Å². The van der Waals surface area contributed by atoms with E-state index >= 15 is 0 Å². The number of nitrogens with zero attached hydrogens (tertiary/aromatic N) is 4. The lowest BCUT2D eigenvalue weighted by Gasteiger charge is -2.33. The highest BCUT2D eigenvalue weighted by Crippen LogP contribution is 2.51. The Labute approximate surface area is 325 Å². The monoisotopic (exact) mass is 718 g/mol. The summed E-state index contributed by atoms with van der Waals surface area (Å²) in [5.41, 5.74) is 11.7. The van der Waals surface area contributed by atoms with Gasteiger partial charge in [-0.25, -0.2) is 0 Å². The minimum Gasteiger partial charge on any atom is -0.344 e. The van der Waals surface area contributed by atoms with Crippen molar-refractivity contribution in [3.05, 3.63) is 194 Å². The van der Waals surface area contributed by atoms with Crippen LogP contribution in [0.2, 0.25) is 0 Å². The summed E-state index contributed by atoms with van der Waals surface area (Å²) in [5.74, 6) is 0. The lowest BCUT2D eigenvalue weighted by Crippen LogP contribution is -2.14. The van der Waals surface area contributed by atoms with Crippen molar-refractivity contribution in [2.45, 2.75) is 0 Å². The van der Waals surface area contributed by atoms with Crippen LogP contribution in [0.15, 0.2) is 194 Å². The molecule has 4 heteroatoms. The van der Waals surface area contributed by atoms with E-state index in [1.54, 1.807) is 0 Å². The lowest BCUT2D eigenvalue weighted by molar-refractivity contribution is 1.01. The van der Waals surface area contributed by atoms with Crippen molar-refractivity contribution in [1.29, 1.82) is 0 Å². The molecule has 0 aliphatic carbocycles. The molecule has 0 fully saturated rings. The third-order valence-electron chi connectivity index (χ3n) is 11.7. The van der Waals surface area contributed by atoms with Crippen molar-refractivity contribution >= 4 is 99.3 Å². The Balaban J connectivity index is 1.23. The number of benzene rings is 9. The Bertz CT molecular complexity index is 3010. The average molecular weight is 719 g/mol. The summed E-state index contributed by atoms with van der Waals surface area (Å²) in [7, 11) is 4.32. The molecule has 0 spiro atoms. The number of hydrogen-bond acceptors (Lipinski definition) is 2. The van der Waals surface area contributed by atoms with Gasteiger partial charge in [0.25, 0.3) is 0 Å². The molecule has 11 aromatic rings. The van der Waals surface area contributed by atoms with Crippen molar-refractivity contribution in [2.75, 3.05) is 9.80 Å². The van der Waals surface area contributed by atoms with Crippen LogP contribution >= 0.6 is 0 Å². The second-order valence-electron chi connectivity index (χ2n) is 14.7. The van der Waals surface area contributed by atoms with Gasteiger partial charge in [0.05, 0.1) is 11.4 Å². The maximum atomic E-state index is 2.46. The molecule has 0 saturated carbocycles. The van der Waals surface area contributed by atoms with Gasteiger partial charge in [-0.2, -0.15) is 0 Å². The zero-order valence-corrected chi connectivity index (χ0v) is 31.3. The van der Waals surface area contributed by atoms with Crippen LogP contribution in [0, 0.1) is 0 Å². The summed E-state index contributed by atoms with van der Waals surface area (Å²) in [5, 5.41) is 9.70. The van der Waals surface area contributed by atoms with E-state index in [1.807, 2.05) is 0 Å². The lowest BCUT2D eigenvalue weighted by atomic mass is 9.95. The van der Waals surface area contributed by atoms with Gasteiger partial charge in [-0.3, -0.25) is 0 Å². The fourth-order valence-corrected chi connectivity index (χ4v) is 9.12. The molecule has 0 N–H and O–H groups in total. The first-order chi connectivity index (χ1) is 27.7. The van der Waals surface area contributed by atoms with Crippen LogP contribution < -0.4 is 9.80 Å². The highest BCUT2D eigenvalue weighted by Gasteiger charge is 2.26. The predicted molar refractivity (Wildman–Crippen MR) is 239 cm³/mol. The highest BCUT2D eigenvalue weighted by molar-refractivity contribution is 6.24. The van der Waals surface area contributed by atoms with E-state index in [2.05, 4.69) is 227 Å². The Hall–Kier alpha value is -7.30. The summed E-state index contributed by atoms with van der Waals surface area (Å²) in [6.07, 6.45) is 0. The van der Waals surface area contributed by atoms with E-state index in [4.69, 9.17) is 0 Å². The Morgan fingerprint density at radius 3 is 0.946 bits per heavy atom. The molecular formula is C52H38N4. The number of hydrogen-bond donors (Lipinski definition) is 0. The summed E-state index contributed by atoms with van der Waals surface area (Å²) < 4.78 is 4.60. The number of aryl methyl sites for hydroxylation is 2. The van der Waals surface area contributed by atoms with Crippen LogP contribution in [-0.2, 0) is 14.1 Å². The first-order valence-electron chi connectivity index (χ1n) is 19.2. The van der Waals surface area contributed by atoms with Crippen molar-refractivity contribution in [3.63, 3.8) is 0 Å². The van der Waals surface area contributed by atoms with Crippen LogP contribution in [0.3, 0.4) is 0 Å². The molecule has 0 aliphatic heterocycles. The molecule has 56 heavy (non-hydrogen) atoms. The quantitative estimate of drug-likeness (QED) is 0.126. The molecule has 0 atom stereocenters. The summed E-state index contributed by atoms with van der Waals surface area (Å²) in [6, 6.07) is 70.8. The van der Waals surface area contributed by atoms with E-state index < -0.39 is 0 Å². The van der Waals surface area contributed by atoms with Gasteiger partial charge in [0.2, 0.25) is 0 Å². The molecule has 0 aliphatic rings. The first-order valence-corrected chi connectivity index (χ1v) is 19.2. The molecule has 11 rings (SSSR count). The number of rotatable bonds is 6. The van der Waals surface area contributed by atoms with Gasteiger partial charge in [-0.05, 0) is 72.8 Å². The van der Waals surface area contributed by atoms with Gasteiger partial charge in [-0.15, -0.1) is 0 Å². The minimum absolute atomic E-state index is 1.11. The molecule has 0 bridgehead atoms. The molecule has 0 radical (unpaired) electrons. The third-order valence-corrected chi connectivity index (χ3v) is 11.7. The van der Waals surface area contributed by atoms with Gasteiger partial charge in [-0.1, -0.05) is 121 Å². The van der Waals surface area contributed by atoms with Crippen LogP contribution in [-0.4, -0.2) is 9.13 Å². The topological polar surface area (TPSA) is 16.3 Å². The van der Waals surface area contributed by atoms with Gasteiger partial charge in [0.1, 0.15) is 0 Å². The molecule has 9 aromatic carbocycles. The SMILES string of the molecule is Cn1c2ccccc2c2cc(N(c3ccccc3)c3c4ccccc4c(N(c4ccccc4)c4ccc5c(c4)c4ccccc4n5C)c4ccccc34)ccc21. The fraction of sp³-hybridized carbons (Fsp3) is 0.0385. The number of fused-ring (bicyclic) bond motifs is 8. The zero-order chi connectivity index (χ0) is 37.3. The first kappa shape index (κ1) is 32.2. The van der Waals surface area contributed by atoms with Crippen molar-refractivity contribution in [2.24, 2.45) is 14.1 Å². The van der Waals surface area contributed by atoms with Crippen molar-refractivity contribution in [1.82, 2.24) is 9.13 Å². The molecule has 0 amide bonds. The second kappa shape index (κ2) is 12.6. The fourth-order valence-electron chi connectivity index (χ4n) is 9.12. The molecular weight excluding hydrogens is 681 g/mol. The maximum Gasteiger partial charge on any atom is 0.0619 e. The van der Waals surface area contributed by atoms with Gasteiger partial charge in [0, 0.05) is 102 Å². The van der Waals surface area contributed by atoms with Gasteiger partial charge < -0.3 is 18.9 Å². The Morgan fingerprint density at radius 2 is 0.571 bits per heavy atom. The average Bonchev–Trinajstić information content (AvgIpc) is 3.71. The predicted octanol–water partition coefficient (Wildman–Crippen LogP) is 14.2. The molecule has 2 aromatic heterocycles. The van der Waals surface area contributed by atoms with Crippen molar-refractivity contribution < 1.29 is 0 Å². The standard InChI is InChI=1S/C52H38N4/c1-53-47-27-15-13-21-39(47)45-33-37(29-31-49(45)53)55(35-17-5-3-6-18-35)51-41-23-9-11-25-43(41)52(44-26-12-10-24-42(44)51)56(36-19-7-4-8-20-36)38-30-32-50-46(34-38)40-22-14-16-28-48(40)54(50)2/h3-34H,1-2H3. The highest BCUT2D eigenvalue weighted by atomic mass is 15.2. The maximum absolute atomic E-state index is 2.46. The van der Waals surface area contributed by atoms with Gasteiger partial charge >= 0.3 is 0 Å². The number of para-hydroxylation sites is 4. The summed E-state index contributed by atoms with van der Waals surface area (Å²) in [6.45, 7) is 0. The van der Waals surface area contributed by atoms with E-state index in [-0.39, 0.29) is 0 Å². The molecule has 266 valence electrons. The Kier molecular flexibility index (Phi) is 7.26. The van der Waals surface area contributed by atoms with Crippen LogP contribution in [0.4, 0.5) is 34.1 Å². The molecule has 2 heterocycles. The van der Waals surface area contributed by atoms with Crippen LogP contribution in [0.25, 0.3) is 65.2 Å². The van der Waals surface area contributed by atoms with E-state index in [0.29, 0.717) is 0 Å². The van der Waals surface area contributed by atoms with E-state index in [0.717, 1.165) is 34.1 Å². The van der Waals surface area contributed by atoms with E-state index in [1.165, 1.54) is 65.2 Å². The molecule has 0 unspecified atom stereocenters. The van der Waals surface area contributed by atoms with Crippen LogP contribution in [0.5, 0.6) is 0 Å². The minimum atomic E-state index is 1.11. The summed E-state index contributed by atoms with van der Waals surface area (Å²) >= 11 is 0. The van der Waals surface area contributed by atoms with Crippen molar-refractivity contribution in [3.8, 4) is 0 Å². The smallest absolute Gasteiger partial charge is 0.0619 e. The molecule has 0 saturated heterocycles. The van der Waals surface area contributed by atoms with Gasteiger partial charge in [0.15, 0.2) is 0 Å². The normalized spacial score (nSPS) is 11.8. The largest absolute Gasteiger partial charge is 0.344 e. The molecule has 4 nitrogen and oxygen atoms in total. The Morgan fingerprint density at radius 1 is 0.268 bits per heavy atom. The summed E-state index contributed by atoms with van der Waals surface area (Å²) in [4.78, 5) is 4.93. The second-order valence-corrected chi connectivity index (χ2v) is 14.7. The number of anilines is 6. The number of aromatic nitrogens is 2. The third kappa shape index (κ3) is 4.79.